The van der Waals surface area contributed by atoms with Crippen LogP contribution in [0, 0.1) is 6.92 Å². The zero-order valence-electron chi connectivity index (χ0n) is 27.4. The van der Waals surface area contributed by atoms with Crippen LogP contribution in [-0.2, 0) is 0 Å². The molecule has 0 radical (unpaired) electrons. The smallest absolute Gasteiger partial charge is 0.00237 e. The number of aryl methyl sites for hydroxylation is 1. The molecule has 0 saturated carbocycles. The highest BCUT2D eigenvalue weighted by Crippen LogP contribution is 2.45. The van der Waals surface area contributed by atoms with Gasteiger partial charge in [-0.25, -0.2) is 0 Å². The average Bonchev–Trinajstić information content (AvgIpc) is 3.17. The van der Waals surface area contributed by atoms with E-state index in [0.29, 0.717) is 0 Å². The van der Waals surface area contributed by atoms with E-state index in [9.17, 15) is 0 Å². The van der Waals surface area contributed by atoms with Crippen molar-refractivity contribution in [3.8, 4) is 55.6 Å². The largest absolute Gasteiger partial charge is 0.0620 e. The molecule has 0 nitrogen and oxygen atoms in total. The van der Waals surface area contributed by atoms with Crippen LogP contribution in [0.3, 0.4) is 0 Å². The van der Waals surface area contributed by atoms with Gasteiger partial charge in [0.05, 0.1) is 0 Å². The van der Waals surface area contributed by atoms with E-state index in [1.54, 1.807) is 0 Å². The molecule has 230 valence electrons. The van der Waals surface area contributed by atoms with Gasteiger partial charge in [0.2, 0.25) is 0 Å². The summed E-state index contributed by atoms with van der Waals surface area (Å²) in [6.45, 7) is 2.21. The molecule has 0 unspecified atom stereocenters. The molecule has 0 aromatic heterocycles. The molecule has 0 bridgehead atoms. The number of fused-ring (bicyclic) bond motifs is 3. The third-order valence-electron chi connectivity index (χ3n) is 10.0. The highest BCUT2D eigenvalue weighted by Gasteiger charge is 2.17. The fourth-order valence-electron chi connectivity index (χ4n) is 7.63. The Bertz CT molecular complexity index is 2600. The standard InChI is InChI=1S/C49H34/c1-33-13-2-4-20-41(33)49-46-24-8-6-22-44(46)48(45-23-7-9-25-47(45)49)40-19-11-18-39(32-40)38-17-10-16-37(31-38)34-27-29-36(30-28-34)43-26-12-15-35-14-3-5-21-42(35)43/h2-32H,1H3. The van der Waals surface area contributed by atoms with Crippen LogP contribution in [-0.4, -0.2) is 0 Å². The highest BCUT2D eigenvalue weighted by molar-refractivity contribution is 6.21. The van der Waals surface area contributed by atoms with Crippen molar-refractivity contribution in [1.82, 2.24) is 0 Å². The minimum atomic E-state index is 1.21. The Morgan fingerprint density at radius 2 is 0.694 bits per heavy atom. The van der Waals surface area contributed by atoms with Gasteiger partial charge in [-0.3, -0.25) is 0 Å². The lowest BCUT2D eigenvalue weighted by Gasteiger charge is -2.19. The zero-order chi connectivity index (χ0) is 32.7. The Hall–Kier alpha value is -6.24. The van der Waals surface area contributed by atoms with Crippen LogP contribution >= 0.6 is 0 Å². The second-order valence-corrected chi connectivity index (χ2v) is 12.9. The lowest BCUT2D eigenvalue weighted by molar-refractivity contribution is 1.47. The average molecular weight is 623 g/mol. The van der Waals surface area contributed by atoms with Crippen molar-refractivity contribution in [2.75, 3.05) is 0 Å². The summed E-state index contributed by atoms with van der Waals surface area (Å²) in [5, 5.41) is 7.66. The van der Waals surface area contributed by atoms with Crippen LogP contribution in [0.2, 0.25) is 0 Å². The molecule has 0 atom stereocenters. The Labute approximate surface area is 287 Å². The van der Waals surface area contributed by atoms with Crippen LogP contribution < -0.4 is 0 Å². The summed E-state index contributed by atoms with van der Waals surface area (Å²) in [6, 6.07) is 68.7. The van der Waals surface area contributed by atoms with Gasteiger partial charge in [-0.05, 0) is 113 Å². The third kappa shape index (κ3) is 5.10. The molecule has 0 amide bonds. The number of hydrogen-bond donors (Lipinski definition) is 0. The molecule has 0 spiro atoms. The van der Waals surface area contributed by atoms with Gasteiger partial charge >= 0.3 is 0 Å². The highest BCUT2D eigenvalue weighted by atomic mass is 14.2. The molecule has 0 saturated heterocycles. The molecular weight excluding hydrogens is 589 g/mol. The predicted molar refractivity (Wildman–Crippen MR) is 211 cm³/mol. The molecule has 0 heteroatoms. The van der Waals surface area contributed by atoms with Crippen molar-refractivity contribution in [2.45, 2.75) is 6.92 Å². The van der Waals surface area contributed by atoms with E-state index in [2.05, 4.69) is 195 Å². The van der Waals surface area contributed by atoms with Crippen molar-refractivity contribution in [3.05, 3.63) is 194 Å². The zero-order valence-corrected chi connectivity index (χ0v) is 27.4. The maximum absolute atomic E-state index is 2.37. The normalized spacial score (nSPS) is 11.4. The monoisotopic (exact) mass is 622 g/mol. The van der Waals surface area contributed by atoms with Crippen molar-refractivity contribution in [1.29, 1.82) is 0 Å². The number of hydrogen-bond acceptors (Lipinski definition) is 0. The molecule has 9 aromatic carbocycles. The summed E-state index contributed by atoms with van der Waals surface area (Å²) in [5.41, 5.74) is 13.7. The molecule has 0 aliphatic carbocycles. The number of rotatable bonds is 5. The van der Waals surface area contributed by atoms with E-state index >= 15 is 0 Å². The molecule has 0 heterocycles. The molecule has 0 aliphatic rings. The fraction of sp³-hybridized carbons (Fsp3) is 0.0204. The quantitative estimate of drug-likeness (QED) is 0.168. The SMILES string of the molecule is Cc1ccccc1-c1c2ccccc2c(-c2cccc(-c3cccc(-c4ccc(-c5cccc6ccccc56)cc4)c3)c2)c2ccccc12. The van der Waals surface area contributed by atoms with Gasteiger partial charge in [-0.2, -0.15) is 0 Å². The van der Waals surface area contributed by atoms with Crippen LogP contribution in [0.15, 0.2) is 188 Å². The topological polar surface area (TPSA) is 0 Å². The Kier molecular flexibility index (Phi) is 7.14. The van der Waals surface area contributed by atoms with E-state index in [-0.39, 0.29) is 0 Å². The van der Waals surface area contributed by atoms with E-state index in [1.807, 2.05) is 0 Å². The summed E-state index contributed by atoms with van der Waals surface area (Å²) in [5.74, 6) is 0. The second-order valence-electron chi connectivity index (χ2n) is 12.9. The summed E-state index contributed by atoms with van der Waals surface area (Å²) in [6.07, 6.45) is 0. The summed E-state index contributed by atoms with van der Waals surface area (Å²) in [4.78, 5) is 0. The lowest BCUT2D eigenvalue weighted by atomic mass is 9.84. The first-order valence-corrected chi connectivity index (χ1v) is 17.0. The molecular formula is C49H34. The first-order chi connectivity index (χ1) is 24.2. The molecule has 0 fully saturated rings. The minimum Gasteiger partial charge on any atom is -0.0620 e. The first kappa shape index (κ1) is 28.9. The van der Waals surface area contributed by atoms with E-state index in [4.69, 9.17) is 0 Å². The second kappa shape index (κ2) is 12.1. The van der Waals surface area contributed by atoms with E-state index < -0.39 is 0 Å². The maximum atomic E-state index is 2.37. The summed E-state index contributed by atoms with van der Waals surface area (Å²) in [7, 11) is 0. The molecule has 0 N–H and O–H groups in total. The van der Waals surface area contributed by atoms with Gasteiger partial charge in [-0.1, -0.05) is 176 Å². The number of benzene rings is 9. The molecule has 49 heavy (non-hydrogen) atoms. The van der Waals surface area contributed by atoms with Crippen molar-refractivity contribution >= 4 is 32.3 Å². The van der Waals surface area contributed by atoms with Crippen LogP contribution in [0.25, 0.3) is 88.0 Å². The lowest BCUT2D eigenvalue weighted by Crippen LogP contribution is -1.92. The van der Waals surface area contributed by atoms with Crippen molar-refractivity contribution in [3.63, 3.8) is 0 Å². The minimum absolute atomic E-state index is 1.21. The Balaban J connectivity index is 1.13. The molecule has 9 rings (SSSR count). The van der Waals surface area contributed by atoms with Crippen LogP contribution in [0.5, 0.6) is 0 Å². The predicted octanol–water partition coefficient (Wildman–Crippen LogP) is 13.8. The van der Waals surface area contributed by atoms with Crippen molar-refractivity contribution < 1.29 is 0 Å². The van der Waals surface area contributed by atoms with Crippen LogP contribution in [0.1, 0.15) is 5.56 Å². The van der Waals surface area contributed by atoms with Gasteiger partial charge in [-0.15, -0.1) is 0 Å². The van der Waals surface area contributed by atoms with Gasteiger partial charge in [0.1, 0.15) is 0 Å². The maximum Gasteiger partial charge on any atom is -0.00237 e. The van der Waals surface area contributed by atoms with Crippen LogP contribution in [0.4, 0.5) is 0 Å². The van der Waals surface area contributed by atoms with Gasteiger partial charge in [0.15, 0.2) is 0 Å². The Morgan fingerprint density at radius 3 is 1.35 bits per heavy atom. The van der Waals surface area contributed by atoms with Gasteiger partial charge < -0.3 is 0 Å². The van der Waals surface area contributed by atoms with E-state index in [0.717, 1.165) is 0 Å². The molecule has 0 aliphatic heterocycles. The first-order valence-electron chi connectivity index (χ1n) is 17.0. The van der Waals surface area contributed by atoms with Gasteiger partial charge in [0, 0.05) is 0 Å². The molecule has 9 aromatic rings. The Morgan fingerprint density at radius 1 is 0.265 bits per heavy atom. The van der Waals surface area contributed by atoms with E-state index in [1.165, 1.54) is 93.5 Å². The van der Waals surface area contributed by atoms with Crippen molar-refractivity contribution in [2.24, 2.45) is 0 Å². The summed E-state index contributed by atoms with van der Waals surface area (Å²) < 4.78 is 0. The third-order valence-corrected chi connectivity index (χ3v) is 10.0. The summed E-state index contributed by atoms with van der Waals surface area (Å²) >= 11 is 0. The fourth-order valence-corrected chi connectivity index (χ4v) is 7.63. The van der Waals surface area contributed by atoms with Gasteiger partial charge in [0.25, 0.3) is 0 Å².